The minimum Gasteiger partial charge on any atom is -0.487 e. The van der Waals surface area contributed by atoms with Gasteiger partial charge in [0, 0.05) is 36.8 Å². The number of pyridine rings is 1. The van der Waals surface area contributed by atoms with E-state index in [1.54, 1.807) is 0 Å². The van der Waals surface area contributed by atoms with Gasteiger partial charge in [0.1, 0.15) is 31.1 Å². The van der Waals surface area contributed by atoms with Gasteiger partial charge < -0.3 is 15.0 Å². The van der Waals surface area contributed by atoms with Crippen molar-refractivity contribution in [3.8, 4) is 18.1 Å². The van der Waals surface area contributed by atoms with Crippen LogP contribution in [0.3, 0.4) is 0 Å². The smallest absolute Gasteiger partial charge is 0.433 e. The summed E-state index contributed by atoms with van der Waals surface area (Å²) in [6.45, 7) is 2.05. The maximum Gasteiger partial charge on any atom is 0.433 e. The number of nitrogens with one attached hydrogen (secondary N) is 1. The number of hydrogen-bond donors (Lipinski definition) is 1. The number of terminal acetylenes is 1. The molecule has 178 valence electrons. The van der Waals surface area contributed by atoms with Crippen molar-refractivity contribution in [2.45, 2.75) is 25.6 Å². The van der Waals surface area contributed by atoms with Crippen LogP contribution in [-0.2, 0) is 6.18 Å². The average Bonchev–Trinajstić information content (AvgIpc) is 3.34. The van der Waals surface area contributed by atoms with Crippen molar-refractivity contribution in [2.75, 3.05) is 36.6 Å². The van der Waals surface area contributed by atoms with Gasteiger partial charge in [0.05, 0.1) is 5.41 Å². The molecule has 34 heavy (non-hydrogen) atoms. The first-order valence-corrected chi connectivity index (χ1v) is 10.7. The second-order valence-corrected chi connectivity index (χ2v) is 8.55. The molecule has 1 N–H and O–H groups in total. The average molecular weight is 475 g/mol. The summed E-state index contributed by atoms with van der Waals surface area (Å²) in [4.78, 5) is 14.8. The van der Waals surface area contributed by atoms with Crippen LogP contribution in [0.25, 0.3) is 5.65 Å². The molecular weight excluding hydrogens is 454 g/mol. The van der Waals surface area contributed by atoms with Gasteiger partial charge in [0.15, 0.2) is 11.4 Å². The molecule has 0 radical (unpaired) electrons. The Morgan fingerprint density at radius 1 is 1.32 bits per heavy atom. The second-order valence-electron chi connectivity index (χ2n) is 8.55. The summed E-state index contributed by atoms with van der Waals surface area (Å²) in [6, 6.07) is 3.71. The Labute approximate surface area is 192 Å². The molecule has 2 aliphatic rings. The molecule has 3 atom stereocenters. The van der Waals surface area contributed by atoms with Crippen molar-refractivity contribution in [3.63, 3.8) is 0 Å². The van der Waals surface area contributed by atoms with Gasteiger partial charge in [-0.3, -0.25) is 0 Å². The molecule has 8 nitrogen and oxygen atoms in total. The highest BCUT2D eigenvalue weighted by Crippen LogP contribution is 2.53. The standard InChI is InChI=1S/C22H21F4N7O/c1-3-21-9-15(14(21)10-32(11-21)18-8-13(2)27-12-28-18)29-20-30-19-16(34-7-6-23)4-5-17(22(24,25)26)33(19)31-20/h1,4-5,8,12,14-15H,6-7,9-11H2,2H3,(H,29,31). The Morgan fingerprint density at radius 3 is 2.85 bits per heavy atom. The molecule has 0 aromatic carbocycles. The maximum atomic E-state index is 13.5. The molecule has 5 rings (SSSR count). The van der Waals surface area contributed by atoms with Crippen molar-refractivity contribution >= 4 is 17.4 Å². The quantitative estimate of drug-likeness (QED) is 0.434. The fourth-order valence-corrected chi connectivity index (χ4v) is 4.83. The molecule has 0 spiro atoms. The Hall–Kier alpha value is -3.62. The van der Waals surface area contributed by atoms with E-state index < -0.39 is 18.5 Å². The normalized spacial score (nSPS) is 23.9. The number of nitrogens with zero attached hydrogens (tertiary/aromatic N) is 6. The lowest BCUT2D eigenvalue weighted by molar-refractivity contribution is -0.142. The zero-order chi connectivity index (χ0) is 24.1. The van der Waals surface area contributed by atoms with Crippen LogP contribution in [0.1, 0.15) is 17.8 Å². The summed E-state index contributed by atoms with van der Waals surface area (Å²) in [7, 11) is 0. The summed E-state index contributed by atoms with van der Waals surface area (Å²) >= 11 is 0. The molecule has 0 amide bonds. The highest BCUT2D eigenvalue weighted by Gasteiger charge is 2.58. The highest BCUT2D eigenvalue weighted by atomic mass is 19.4. The van der Waals surface area contributed by atoms with Gasteiger partial charge in [-0.1, -0.05) is 5.92 Å². The molecule has 1 saturated carbocycles. The van der Waals surface area contributed by atoms with E-state index in [4.69, 9.17) is 11.2 Å². The van der Waals surface area contributed by atoms with E-state index in [0.29, 0.717) is 24.0 Å². The van der Waals surface area contributed by atoms with Gasteiger partial charge in [-0.25, -0.2) is 18.9 Å². The first-order chi connectivity index (χ1) is 16.2. The summed E-state index contributed by atoms with van der Waals surface area (Å²) in [5.74, 6) is 3.77. The number of fused-ring (bicyclic) bond motifs is 2. The predicted molar refractivity (Wildman–Crippen MR) is 115 cm³/mol. The van der Waals surface area contributed by atoms with Crippen LogP contribution in [0.5, 0.6) is 5.75 Å². The van der Waals surface area contributed by atoms with Crippen LogP contribution in [-0.4, -0.2) is 57.0 Å². The highest BCUT2D eigenvalue weighted by molar-refractivity contribution is 5.58. The van der Waals surface area contributed by atoms with Crippen molar-refractivity contribution in [2.24, 2.45) is 11.3 Å². The third-order valence-corrected chi connectivity index (χ3v) is 6.46. The minimum absolute atomic E-state index is 0.0175. The van der Waals surface area contributed by atoms with E-state index in [1.165, 1.54) is 6.33 Å². The van der Waals surface area contributed by atoms with E-state index >= 15 is 0 Å². The molecule has 2 fully saturated rings. The van der Waals surface area contributed by atoms with E-state index in [9.17, 15) is 17.6 Å². The van der Waals surface area contributed by atoms with E-state index in [-0.39, 0.29) is 41.3 Å². The molecule has 3 aromatic heterocycles. The first kappa shape index (κ1) is 22.2. The lowest BCUT2D eigenvalue weighted by Gasteiger charge is -2.47. The number of aromatic nitrogens is 5. The predicted octanol–water partition coefficient (Wildman–Crippen LogP) is 3.14. The molecule has 3 aromatic rings. The van der Waals surface area contributed by atoms with Gasteiger partial charge >= 0.3 is 6.18 Å². The Balaban J connectivity index is 1.41. The van der Waals surface area contributed by atoms with Crippen molar-refractivity contribution in [1.82, 2.24) is 24.6 Å². The number of alkyl halides is 4. The monoisotopic (exact) mass is 475 g/mol. The van der Waals surface area contributed by atoms with Gasteiger partial charge in [0.2, 0.25) is 5.95 Å². The van der Waals surface area contributed by atoms with Crippen LogP contribution in [0.15, 0.2) is 24.5 Å². The van der Waals surface area contributed by atoms with Gasteiger partial charge in [-0.05, 0) is 25.5 Å². The Kier molecular flexibility index (Phi) is 5.22. The van der Waals surface area contributed by atoms with Crippen LogP contribution < -0.4 is 15.0 Å². The van der Waals surface area contributed by atoms with E-state index in [0.717, 1.165) is 23.6 Å². The van der Waals surface area contributed by atoms with Crippen LogP contribution >= 0.6 is 0 Å². The molecule has 0 bridgehead atoms. The maximum absolute atomic E-state index is 13.5. The fraction of sp³-hybridized carbons (Fsp3) is 0.455. The SMILES string of the molecule is C#CC12CC(Nc3nc4c(OCCF)ccc(C(F)(F)F)n4n3)C1CN(c1cc(C)ncn1)C2. The first-order valence-electron chi connectivity index (χ1n) is 10.7. The third kappa shape index (κ3) is 3.65. The number of rotatable bonds is 6. The van der Waals surface area contributed by atoms with Crippen molar-refractivity contribution in [3.05, 3.63) is 35.9 Å². The number of halogens is 4. The molecular formula is C22H21F4N7O. The number of aryl methyl sites for hydroxylation is 1. The number of ether oxygens (including phenoxy) is 1. The molecule has 3 unspecified atom stereocenters. The molecule has 1 aliphatic heterocycles. The van der Waals surface area contributed by atoms with E-state index in [1.807, 2.05) is 13.0 Å². The largest absolute Gasteiger partial charge is 0.487 e. The Morgan fingerprint density at radius 2 is 2.15 bits per heavy atom. The van der Waals surface area contributed by atoms with Gasteiger partial charge in [0.25, 0.3) is 0 Å². The van der Waals surface area contributed by atoms with Gasteiger partial charge in [-0.2, -0.15) is 18.2 Å². The lowest BCUT2D eigenvalue weighted by atomic mass is 9.59. The molecule has 1 aliphatic carbocycles. The summed E-state index contributed by atoms with van der Waals surface area (Å²) in [6.07, 6.45) is 3.35. The van der Waals surface area contributed by atoms with Crippen molar-refractivity contribution in [1.29, 1.82) is 0 Å². The molecule has 1 saturated heterocycles. The van der Waals surface area contributed by atoms with Gasteiger partial charge in [-0.15, -0.1) is 11.5 Å². The zero-order valence-electron chi connectivity index (χ0n) is 18.2. The minimum atomic E-state index is -4.65. The molecule has 12 heteroatoms. The summed E-state index contributed by atoms with van der Waals surface area (Å²) in [5.41, 5.74) is -0.678. The van der Waals surface area contributed by atoms with Crippen LogP contribution in [0.2, 0.25) is 0 Å². The molecule has 4 heterocycles. The number of anilines is 2. The lowest BCUT2D eigenvalue weighted by Crippen LogP contribution is -2.53. The van der Waals surface area contributed by atoms with Crippen LogP contribution in [0.4, 0.5) is 29.3 Å². The second kappa shape index (κ2) is 8.00. The Bertz CT molecular complexity index is 1270. The van der Waals surface area contributed by atoms with E-state index in [2.05, 4.69) is 36.2 Å². The number of hydrogen-bond acceptors (Lipinski definition) is 7. The topological polar surface area (TPSA) is 80.5 Å². The third-order valence-electron chi connectivity index (χ3n) is 6.46. The zero-order valence-corrected chi connectivity index (χ0v) is 18.2. The summed E-state index contributed by atoms with van der Waals surface area (Å²) < 4.78 is 59.0. The van der Waals surface area contributed by atoms with Crippen molar-refractivity contribution < 1.29 is 22.3 Å². The van der Waals surface area contributed by atoms with Crippen LogP contribution in [0, 0.1) is 30.6 Å². The fourth-order valence-electron chi connectivity index (χ4n) is 4.83. The summed E-state index contributed by atoms with van der Waals surface area (Å²) in [5, 5.41) is 7.18.